The van der Waals surface area contributed by atoms with Gasteiger partial charge in [0.15, 0.2) is 0 Å². The molecule has 0 bridgehead atoms. The summed E-state index contributed by atoms with van der Waals surface area (Å²) >= 11 is 5.66. The van der Waals surface area contributed by atoms with Crippen LogP contribution in [-0.4, -0.2) is 13.2 Å². The van der Waals surface area contributed by atoms with Crippen molar-refractivity contribution in [3.63, 3.8) is 0 Å². The molecule has 1 radical (unpaired) electrons. The third-order valence-corrected chi connectivity index (χ3v) is 2.44. The van der Waals surface area contributed by atoms with Crippen LogP contribution in [-0.2, 0) is 9.47 Å². The summed E-state index contributed by atoms with van der Waals surface area (Å²) in [6, 6.07) is 4.59. The van der Waals surface area contributed by atoms with Crippen LogP contribution in [0.4, 0.5) is 4.39 Å². The number of rotatable bonds is 3. The quantitative estimate of drug-likeness (QED) is 0.807. The molecule has 0 aliphatic carbocycles. The van der Waals surface area contributed by atoms with E-state index in [1.807, 2.05) is 12.2 Å². The Morgan fingerprint density at radius 1 is 1.31 bits per heavy atom. The van der Waals surface area contributed by atoms with Gasteiger partial charge < -0.3 is 9.47 Å². The second kappa shape index (κ2) is 5.43. The van der Waals surface area contributed by atoms with Crippen LogP contribution < -0.4 is 0 Å². The molecule has 2 rings (SSSR count). The molecule has 0 N–H and O–H groups in total. The van der Waals surface area contributed by atoms with E-state index in [1.54, 1.807) is 12.1 Å². The Morgan fingerprint density at radius 3 is 2.75 bits per heavy atom. The number of ether oxygens (including phenoxy) is 2. The van der Waals surface area contributed by atoms with Crippen LogP contribution in [0.15, 0.2) is 24.3 Å². The minimum absolute atomic E-state index is 0.128. The Bertz CT molecular complexity index is 387. The summed E-state index contributed by atoms with van der Waals surface area (Å²) in [5.74, 6) is -0.407. The molecule has 85 valence electrons. The maximum Gasteiger partial charge on any atom is 0.227 e. The lowest BCUT2D eigenvalue weighted by atomic mass is 10.2. The topological polar surface area (TPSA) is 18.5 Å². The first-order valence-electron chi connectivity index (χ1n) is 4.99. The lowest BCUT2D eigenvalue weighted by Gasteiger charge is -2.02. The van der Waals surface area contributed by atoms with E-state index in [9.17, 15) is 4.39 Å². The summed E-state index contributed by atoms with van der Waals surface area (Å²) in [6.07, 6.45) is 4.98. The largest absolute Gasteiger partial charge is 0.343 e. The van der Waals surface area contributed by atoms with E-state index >= 15 is 0 Å². The van der Waals surface area contributed by atoms with Gasteiger partial charge in [-0.25, -0.2) is 4.39 Å². The van der Waals surface area contributed by atoms with Gasteiger partial charge in [0, 0.05) is 6.42 Å². The molecule has 0 aromatic heterocycles. The molecule has 1 aliphatic rings. The van der Waals surface area contributed by atoms with E-state index in [-0.39, 0.29) is 5.02 Å². The summed E-state index contributed by atoms with van der Waals surface area (Å²) in [5.41, 5.74) is 0.852. The van der Waals surface area contributed by atoms with Gasteiger partial charge in [0.1, 0.15) is 5.82 Å². The van der Waals surface area contributed by atoms with Crippen molar-refractivity contribution in [1.29, 1.82) is 0 Å². The molecule has 4 heteroatoms. The molecule has 0 amide bonds. The van der Waals surface area contributed by atoms with Crippen molar-refractivity contribution < 1.29 is 13.9 Å². The smallest absolute Gasteiger partial charge is 0.227 e. The maximum atomic E-state index is 12.9. The summed E-state index contributed by atoms with van der Waals surface area (Å²) in [4.78, 5) is 0. The van der Waals surface area contributed by atoms with Crippen molar-refractivity contribution in [1.82, 2.24) is 0 Å². The normalized spacial score (nSPS) is 17.4. The van der Waals surface area contributed by atoms with Crippen molar-refractivity contribution in [3.05, 3.63) is 47.0 Å². The highest BCUT2D eigenvalue weighted by molar-refractivity contribution is 6.30. The molecular weight excluding hydrogens is 231 g/mol. The molecule has 2 nitrogen and oxygen atoms in total. The van der Waals surface area contributed by atoms with Crippen LogP contribution in [0.25, 0.3) is 6.08 Å². The first kappa shape index (κ1) is 11.6. The molecule has 1 saturated heterocycles. The molecule has 0 saturated carbocycles. The van der Waals surface area contributed by atoms with Crippen LogP contribution in [0.3, 0.4) is 0 Å². The molecule has 0 spiro atoms. The molecule has 1 fully saturated rings. The average Bonchev–Trinajstić information content (AvgIpc) is 2.76. The maximum absolute atomic E-state index is 12.9. The zero-order valence-electron chi connectivity index (χ0n) is 8.58. The summed E-state index contributed by atoms with van der Waals surface area (Å²) in [6.45, 7) is 1.23. The highest BCUT2D eigenvalue weighted by atomic mass is 35.5. The fourth-order valence-corrected chi connectivity index (χ4v) is 1.57. The van der Waals surface area contributed by atoms with Crippen LogP contribution >= 0.6 is 11.6 Å². The van der Waals surface area contributed by atoms with E-state index in [1.165, 1.54) is 6.07 Å². The fourth-order valence-electron chi connectivity index (χ4n) is 1.38. The van der Waals surface area contributed by atoms with E-state index in [0.29, 0.717) is 25.9 Å². The van der Waals surface area contributed by atoms with Gasteiger partial charge in [-0.15, -0.1) is 0 Å². The number of hydrogen-bond acceptors (Lipinski definition) is 2. The van der Waals surface area contributed by atoms with Crippen LogP contribution in [0.1, 0.15) is 12.0 Å². The third-order valence-electron chi connectivity index (χ3n) is 2.15. The standard InChI is InChI=1S/C12H11ClFO2/c13-10-8-9(4-5-11(10)14)2-1-3-12-15-6-7-16-12/h1-2,4-5,8H,3,6-7H2. The molecule has 1 aliphatic heterocycles. The van der Waals surface area contributed by atoms with Gasteiger partial charge in [-0.1, -0.05) is 29.8 Å². The van der Waals surface area contributed by atoms with Gasteiger partial charge in [0.2, 0.25) is 6.29 Å². The predicted octanol–water partition coefficient (Wildman–Crippen LogP) is 3.42. The van der Waals surface area contributed by atoms with E-state index in [0.717, 1.165) is 5.56 Å². The predicted molar refractivity (Wildman–Crippen MR) is 60.2 cm³/mol. The van der Waals surface area contributed by atoms with Crippen molar-refractivity contribution in [2.45, 2.75) is 6.42 Å². The first-order chi connectivity index (χ1) is 7.75. The lowest BCUT2D eigenvalue weighted by molar-refractivity contribution is 0.0736. The zero-order valence-corrected chi connectivity index (χ0v) is 9.34. The van der Waals surface area contributed by atoms with Gasteiger partial charge in [0.05, 0.1) is 18.2 Å². The second-order valence-corrected chi connectivity index (χ2v) is 3.76. The monoisotopic (exact) mass is 241 g/mol. The van der Waals surface area contributed by atoms with Gasteiger partial charge in [0.25, 0.3) is 0 Å². The summed E-state index contributed by atoms with van der Waals surface area (Å²) in [7, 11) is 0. The fraction of sp³-hybridized carbons (Fsp3) is 0.250. The van der Waals surface area contributed by atoms with Crippen molar-refractivity contribution in [2.75, 3.05) is 13.2 Å². The van der Waals surface area contributed by atoms with Crippen LogP contribution in [0.5, 0.6) is 0 Å². The Balaban J connectivity index is 1.92. The van der Waals surface area contributed by atoms with E-state index < -0.39 is 5.82 Å². The van der Waals surface area contributed by atoms with Crippen molar-refractivity contribution >= 4 is 17.7 Å². The number of benzene rings is 1. The Kier molecular flexibility index (Phi) is 3.93. The molecule has 16 heavy (non-hydrogen) atoms. The minimum Gasteiger partial charge on any atom is -0.343 e. The van der Waals surface area contributed by atoms with E-state index in [4.69, 9.17) is 21.1 Å². The Labute approximate surface area is 98.6 Å². The second-order valence-electron chi connectivity index (χ2n) is 3.35. The Hall–Kier alpha value is -0.900. The molecule has 0 unspecified atom stereocenters. The van der Waals surface area contributed by atoms with E-state index in [2.05, 4.69) is 0 Å². The SMILES string of the molecule is Fc1ccc(C=CC[C]2OCCO2)cc1Cl. The van der Waals surface area contributed by atoms with Gasteiger partial charge >= 0.3 is 0 Å². The van der Waals surface area contributed by atoms with Gasteiger partial charge in [-0.05, 0) is 17.7 Å². The zero-order chi connectivity index (χ0) is 11.4. The molecule has 1 aromatic rings. The van der Waals surface area contributed by atoms with Crippen molar-refractivity contribution in [3.8, 4) is 0 Å². The minimum atomic E-state index is -0.407. The molecular formula is C12H11ClFO2. The molecule has 1 heterocycles. The van der Waals surface area contributed by atoms with Crippen LogP contribution in [0.2, 0.25) is 5.02 Å². The number of hydrogen-bond donors (Lipinski definition) is 0. The highest BCUT2D eigenvalue weighted by Crippen LogP contribution is 2.19. The van der Waals surface area contributed by atoms with Gasteiger partial charge in [-0.2, -0.15) is 0 Å². The van der Waals surface area contributed by atoms with Crippen molar-refractivity contribution in [2.24, 2.45) is 0 Å². The molecule has 0 atom stereocenters. The summed E-state index contributed by atoms with van der Waals surface area (Å²) < 4.78 is 23.2. The van der Waals surface area contributed by atoms with Crippen LogP contribution in [0, 0.1) is 12.1 Å². The first-order valence-corrected chi connectivity index (χ1v) is 5.36. The average molecular weight is 242 g/mol. The third kappa shape index (κ3) is 3.04. The lowest BCUT2D eigenvalue weighted by Crippen LogP contribution is -1.93. The number of halogens is 2. The Morgan fingerprint density at radius 2 is 2.06 bits per heavy atom. The summed E-state index contributed by atoms with van der Waals surface area (Å²) in [5, 5.41) is 0.128. The highest BCUT2D eigenvalue weighted by Gasteiger charge is 2.15. The molecule has 1 aromatic carbocycles. The van der Waals surface area contributed by atoms with Gasteiger partial charge in [-0.3, -0.25) is 0 Å².